The molecule has 2 amide bonds. The maximum Gasteiger partial charge on any atom is 0.330 e. The Hall–Kier alpha value is -3.61. The topological polar surface area (TPSA) is 97.6 Å². The summed E-state index contributed by atoms with van der Waals surface area (Å²) in [5, 5.41) is 5.37. The molecule has 2 rings (SSSR count). The van der Waals surface area contributed by atoms with Gasteiger partial charge in [0.25, 0.3) is 0 Å². The van der Waals surface area contributed by atoms with Crippen LogP contribution in [0.3, 0.4) is 0 Å². The molecule has 28 heavy (non-hydrogen) atoms. The van der Waals surface area contributed by atoms with Crippen LogP contribution in [0.15, 0.2) is 59.2 Å². The van der Waals surface area contributed by atoms with E-state index >= 15 is 0 Å². The predicted molar refractivity (Wildman–Crippen MR) is 106 cm³/mol. The monoisotopic (exact) mass is 382 g/mol. The molecule has 1 aromatic heterocycles. The van der Waals surface area contributed by atoms with E-state index in [2.05, 4.69) is 10.6 Å². The van der Waals surface area contributed by atoms with E-state index in [1.165, 1.54) is 18.4 Å². The van der Waals surface area contributed by atoms with Gasteiger partial charge >= 0.3 is 5.97 Å². The molecule has 0 fully saturated rings. The van der Waals surface area contributed by atoms with Crippen LogP contribution in [0.5, 0.6) is 0 Å². The number of hydrogen-bond donors (Lipinski definition) is 2. The lowest BCUT2D eigenvalue weighted by atomic mass is 10.2. The number of furan rings is 1. The summed E-state index contributed by atoms with van der Waals surface area (Å²) >= 11 is 0. The predicted octanol–water partition coefficient (Wildman–Crippen LogP) is 3.01. The third-order valence-electron chi connectivity index (χ3n) is 3.49. The van der Waals surface area contributed by atoms with Crippen molar-refractivity contribution in [3.8, 4) is 0 Å². The minimum absolute atomic E-state index is 0.144. The lowest BCUT2D eigenvalue weighted by Gasteiger charge is -2.06. The van der Waals surface area contributed by atoms with Crippen LogP contribution in [-0.2, 0) is 19.1 Å². The summed E-state index contributed by atoms with van der Waals surface area (Å²) < 4.78 is 9.89. The number of nitrogens with one attached hydrogen (secondary N) is 2. The maximum absolute atomic E-state index is 11.9. The second-order valence-corrected chi connectivity index (χ2v) is 5.65. The van der Waals surface area contributed by atoms with E-state index in [9.17, 15) is 14.4 Å². The van der Waals surface area contributed by atoms with E-state index < -0.39 is 5.97 Å². The van der Waals surface area contributed by atoms with Crippen molar-refractivity contribution in [3.05, 3.63) is 66.1 Å². The molecule has 146 valence electrons. The SMILES string of the molecule is CCOC(=O)/C=C/c1ccc(NC(=O)CCNC(=O)/C=C/c2ccco2)cc1. The molecule has 7 heteroatoms. The average Bonchev–Trinajstić information content (AvgIpc) is 3.20. The van der Waals surface area contributed by atoms with Crippen LogP contribution in [0.4, 0.5) is 5.69 Å². The molecular weight excluding hydrogens is 360 g/mol. The van der Waals surface area contributed by atoms with Gasteiger partial charge in [0.15, 0.2) is 0 Å². The molecule has 0 aliphatic heterocycles. The van der Waals surface area contributed by atoms with Crippen LogP contribution in [-0.4, -0.2) is 30.9 Å². The molecule has 0 spiro atoms. The van der Waals surface area contributed by atoms with Gasteiger partial charge in [-0.05, 0) is 48.9 Å². The molecule has 0 aliphatic carbocycles. The summed E-state index contributed by atoms with van der Waals surface area (Å²) in [6.07, 6.45) is 7.54. The number of carbonyl (C=O) groups excluding carboxylic acids is 3. The van der Waals surface area contributed by atoms with Gasteiger partial charge in [0.1, 0.15) is 5.76 Å². The summed E-state index contributed by atoms with van der Waals surface area (Å²) in [5.74, 6) is -0.346. The van der Waals surface area contributed by atoms with Crippen molar-refractivity contribution in [3.63, 3.8) is 0 Å². The van der Waals surface area contributed by atoms with Gasteiger partial charge in [0.2, 0.25) is 11.8 Å². The van der Waals surface area contributed by atoms with E-state index in [-0.39, 0.29) is 24.8 Å². The highest BCUT2D eigenvalue weighted by atomic mass is 16.5. The van der Waals surface area contributed by atoms with Crippen LogP contribution in [0.25, 0.3) is 12.2 Å². The smallest absolute Gasteiger partial charge is 0.330 e. The van der Waals surface area contributed by atoms with Gasteiger partial charge in [-0.25, -0.2) is 4.79 Å². The Labute approximate surface area is 163 Å². The van der Waals surface area contributed by atoms with E-state index in [1.807, 2.05) is 0 Å². The van der Waals surface area contributed by atoms with Crippen LogP contribution in [0, 0.1) is 0 Å². The number of ether oxygens (including phenoxy) is 1. The molecule has 0 saturated carbocycles. The zero-order valence-electron chi connectivity index (χ0n) is 15.5. The zero-order chi connectivity index (χ0) is 20.2. The van der Waals surface area contributed by atoms with Crippen molar-refractivity contribution in [1.82, 2.24) is 5.32 Å². The van der Waals surface area contributed by atoms with Crippen molar-refractivity contribution in [2.45, 2.75) is 13.3 Å². The van der Waals surface area contributed by atoms with E-state index in [0.29, 0.717) is 18.1 Å². The van der Waals surface area contributed by atoms with Gasteiger partial charge in [0.05, 0.1) is 12.9 Å². The first-order valence-corrected chi connectivity index (χ1v) is 8.81. The van der Waals surface area contributed by atoms with Crippen molar-refractivity contribution in [2.75, 3.05) is 18.5 Å². The van der Waals surface area contributed by atoms with Crippen molar-refractivity contribution in [2.24, 2.45) is 0 Å². The highest BCUT2D eigenvalue weighted by Gasteiger charge is 2.04. The molecule has 0 atom stereocenters. The normalized spacial score (nSPS) is 10.9. The molecule has 0 unspecified atom stereocenters. The minimum atomic E-state index is -0.402. The van der Waals surface area contributed by atoms with Gasteiger partial charge < -0.3 is 19.8 Å². The largest absolute Gasteiger partial charge is 0.465 e. The summed E-state index contributed by atoms with van der Waals surface area (Å²) in [6, 6.07) is 10.5. The van der Waals surface area contributed by atoms with Crippen LogP contribution in [0.1, 0.15) is 24.7 Å². The second kappa shape index (κ2) is 11.2. The minimum Gasteiger partial charge on any atom is -0.465 e. The molecule has 0 bridgehead atoms. The van der Waals surface area contributed by atoms with E-state index in [0.717, 1.165) is 5.56 Å². The molecule has 0 saturated heterocycles. The fourth-order valence-electron chi connectivity index (χ4n) is 2.16. The number of rotatable bonds is 9. The van der Waals surface area contributed by atoms with Gasteiger partial charge in [-0.2, -0.15) is 0 Å². The fourth-order valence-corrected chi connectivity index (χ4v) is 2.16. The van der Waals surface area contributed by atoms with Crippen LogP contribution >= 0.6 is 0 Å². The van der Waals surface area contributed by atoms with Crippen LogP contribution in [0.2, 0.25) is 0 Å². The Morgan fingerprint density at radius 1 is 1.07 bits per heavy atom. The first kappa shape index (κ1) is 20.7. The van der Waals surface area contributed by atoms with Gasteiger partial charge in [-0.3, -0.25) is 9.59 Å². The maximum atomic E-state index is 11.9. The molecular formula is C21H22N2O5. The third-order valence-corrected chi connectivity index (χ3v) is 3.49. The molecule has 2 aromatic rings. The lowest BCUT2D eigenvalue weighted by molar-refractivity contribution is -0.137. The third kappa shape index (κ3) is 7.74. The summed E-state index contributed by atoms with van der Waals surface area (Å²) in [6.45, 7) is 2.29. The number of hydrogen-bond acceptors (Lipinski definition) is 5. The van der Waals surface area contributed by atoms with Gasteiger partial charge in [-0.15, -0.1) is 0 Å². The van der Waals surface area contributed by atoms with Gasteiger partial charge in [-0.1, -0.05) is 12.1 Å². The van der Waals surface area contributed by atoms with Crippen molar-refractivity contribution in [1.29, 1.82) is 0 Å². The van der Waals surface area contributed by atoms with Crippen molar-refractivity contribution < 1.29 is 23.5 Å². The Bertz CT molecular complexity index is 836. The van der Waals surface area contributed by atoms with E-state index in [4.69, 9.17) is 9.15 Å². The Morgan fingerprint density at radius 3 is 2.54 bits per heavy atom. The summed E-state index contributed by atoms with van der Waals surface area (Å²) in [4.78, 5) is 34.9. The number of benzene rings is 1. The highest BCUT2D eigenvalue weighted by Crippen LogP contribution is 2.11. The number of esters is 1. The summed E-state index contributed by atoms with van der Waals surface area (Å²) in [5.41, 5.74) is 1.43. The Morgan fingerprint density at radius 2 is 1.86 bits per heavy atom. The highest BCUT2D eigenvalue weighted by molar-refractivity contribution is 5.93. The Balaban J connectivity index is 1.71. The number of amides is 2. The number of carbonyl (C=O) groups is 3. The second-order valence-electron chi connectivity index (χ2n) is 5.65. The first-order chi connectivity index (χ1) is 13.6. The van der Waals surface area contributed by atoms with E-state index in [1.54, 1.807) is 55.5 Å². The summed E-state index contributed by atoms with van der Waals surface area (Å²) in [7, 11) is 0. The standard InChI is InChI=1S/C21H22N2O5/c1-2-27-21(26)12-7-16-5-8-17(9-6-16)23-20(25)13-14-22-19(24)11-10-18-4-3-15-28-18/h3-12,15H,2,13-14H2,1H3,(H,22,24)(H,23,25)/b11-10+,12-7+. The first-order valence-electron chi connectivity index (χ1n) is 8.81. The molecule has 0 aliphatic rings. The van der Waals surface area contributed by atoms with Gasteiger partial charge in [0, 0.05) is 30.8 Å². The average molecular weight is 382 g/mol. The zero-order valence-corrected chi connectivity index (χ0v) is 15.5. The Kier molecular flexibility index (Phi) is 8.26. The quantitative estimate of drug-likeness (QED) is 0.513. The molecule has 0 radical (unpaired) electrons. The molecule has 1 heterocycles. The fraction of sp³-hybridized carbons (Fsp3) is 0.190. The lowest BCUT2D eigenvalue weighted by Crippen LogP contribution is -2.26. The molecule has 7 nitrogen and oxygen atoms in total. The van der Waals surface area contributed by atoms with Crippen LogP contribution < -0.4 is 10.6 Å². The van der Waals surface area contributed by atoms with Crippen molar-refractivity contribution >= 4 is 35.6 Å². The molecule has 1 aromatic carbocycles. The molecule has 2 N–H and O–H groups in total. The number of anilines is 1.